The van der Waals surface area contributed by atoms with Gasteiger partial charge in [-0.15, -0.1) is 0 Å². The SMILES string of the molecule is NC(=O)CC1(COc2ccc(F)cc2)CN(C(=O)c2ccc3[nH]ccc3c2)CCO1. The summed E-state index contributed by atoms with van der Waals surface area (Å²) in [5.74, 6) is -0.651. The summed E-state index contributed by atoms with van der Waals surface area (Å²) in [5, 5.41) is 0.942. The van der Waals surface area contributed by atoms with Gasteiger partial charge in [-0.3, -0.25) is 9.59 Å². The van der Waals surface area contributed by atoms with Crippen molar-refractivity contribution < 1.29 is 23.5 Å². The van der Waals surface area contributed by atoms with Gasteiger partial charge in [0.05, 0.1) is 19.6 Å². The zero-order valence-electron chi connectivity index (χ0n) is 16.3. The number of fused-ring (bicyclic) bond motifs is 1. The number of carbonyl (C=O) groups is 2. The van der Waals surface area contributed by atoms with Crippen LogP contribution in [0.1, 0.15) is 16.8 Å². The largest absolute Gasteiger partial charge is 0.490 e. The molecule has 1 aliphatic heterocycles. The van der Waals surface area contributed by atoms with Crippen LogP contribution in [0, 0.1) is 5.82 Å². The zero-order valence-corrected chi connectivity index (χ0v) is 16.3. The summed E-state index contributed by atoms with van der Waals surface area (Å²) in [5.41, 5.74) is 5.87. The molecule has 156 valence electrons. The quantitative estimate of drug-likeness (QED) is 0.651. The highest BCUT2D eigenvalue weighted by atomic mass is 19.1. The molecule has 4 rings (SSSR count). The summed E-state index contributed by atoms with van der Waals surface area (Å²) in [7, 11) is 0. The zero-order chi connectivity index (χ0) is 21.1. The van der Waals surface area contributed by atoms with Gasteiger partial charge in [0.15, 0.2) is 0 Å². The molecule has 8 heteroatoms. The number of amides is 2. The Hall–Kier alpha value is -3.39. The molecule has 30 heavy (non-hydrogen) atoms. The molecular weight excluding hydrogens is 389 g/mol. The van der Waals surface area contributed by atoms with E-state index < -0.39 is 11.5 Å². The van der Waals surface area contributed by atoms with E-state index in [1.54, 1.807) is 11.0 Å². The summed E-state index contributed by atoms with van der Waals surface area (Å²) in [6.07, 6.45) is 1.72. The van der Waals surface area contributed by atoms with E-state index >= 15 is 0 Å². The molecule has 0 spiro atoms. The number of nitrogens with one attached hydrogen (secondary N) is 1. The molecule has 3 N–H and O–H groups in total. The number of ether oxygens (including phenoxy) is 2. The highest BCUT2D eigenvalue weighted by Gasteiger charge is 2.41. The average Bonchev–Trinajstić information content (AvgIpc) is 3.20. The summed E-state index contributed by atoms with van der Waals surface area (Å²) in [6, 6.07) is 12.9. The monoisotopic (exact) mass is 411 g/mol. The molecule has 1 atom stereocenters. The Morgan fingerprint density at radius 1 is 1.20 bits per heavy atom. The van der Waals surface area contributed by atoms with Crippen LogP contribution in [0.4, 0.5) is 4.39 Å². The lowest BCUT2D eigenvalue weighted by Gasteiger charge is -2.42. The molecular formula is C22H22FN3O4. The van der Waals surface area contributed by atoms with E-state index in [4.69, 9.17) is 15.2 Å². The van der Waals surface area contributed by atoms with Gasteiger partial charge in [0, 0.05) is 29.2 Å². The number of nitrogens with zero attached hydrogens (tertiary/aromatic N) is 1. The van der Waals surface area contributed by atoms with E-state index in [0.29, 0.717) is 17.9 Å². The van der Waals surface area contributed by atoms with Crippen molar-refractivity contribution in [2.45, 2.75) is 12.0 Å². The number of H-pyrrole nitrogens is 1. The molecule has 2 amide bonds. The van der Waals surface area contributed by atoms with E-state index in [1.807, 2.05) is 24.4 Å². The molecule has 1 aromatic heterocycles. The van der Waals surface area contributed by atoms with Crippen LogP contribution < -0.4 is 10.5 Å². The fourth-order valence-electron chi connectivity index (χ4n) is 3.70. The second kappa shape index (κ2) is 8.16. The molecule has 3 aromatic rings. The lowest BCUT2D eigenvalue weighted by molar-refractivity contribution is -0.142. The topological polar surface area (TPSA) is 97.7 Å². The van der Waals surface area contributed by atoms with Gasteiger partial charge >= 0.3 is 0 Å². The maximum atomic E-state index is 13.1. The predicted molar refractivity (Wildman–Crippen MR) is 109 cm³/mol. The lowest BCUT2D eigenvalue weighted by Crippen LogP contribution is -2.58. The van der Waals surface area contributed by atoms with E-state index in [-0.39, 0.29) is 37.9 Å². The minimum absolute atomic E-state index is 0.00218. The summed E-state index contributed by atoms with van der Waals surface area (Å²) >= 11 is 0. The number of rotatable bonds is 6. The average molecular weight is 411 g/mol. The van der Waals surface area contributed by atoms with Gasteiger partial charge in [-0.2, -0.15) is 0 Å². The minimum Gasteiger partial charge on any atom is -0.490 e. The Morgan fingerprint density at radius 3 is 2.77 bits per heavy atom. The molecule has 1 aliphatic rings. The van der Waals surface area contributed by atoms with Crippen molar-refractivity contribution in [2.75, 3.05) is 26.3 Å². The molecule has 0 aliphatic carbocycles. The number of benzene rings is 2. The molecule has 7 nitrogen and oxygen atoms in total. The van der Waals surface area contributed by atoms with Crippen LogP contribution in [-0.4, -0.2) is 53.6 Å². The van der Waals surface area contributed by atoms with Gasteiger partial charge in [-0.05, 0) is 48.5 Å². The smallest absolute Gasteiger partial charge is 0.254 e. The fraction of sp³-hybridized carbons (Fsp3) is 0.273. The molecule has 1 saturated heterocycles. The van der Waals surface area contributed by atoms with Crippen molar-refractivity contribution in [1.82, 2.24) is 9.88 Å². The number of hydrogen-bond acceptors (Lipinski definition) is 4. The highest BCUT2D eigenvalue weighted by molar-refractivity contribution is 5.98. The molecule has 1 fully saturated rings. The molecule has 2 heterocycles. The van der Waals surface area contributed by atoms with Gasteiger partial charge in [0.2, 0.25) is 5.91 Å². The van der Waals surface area contributed by atoms with Crippen molar-refractivity contribution in [3.63, 3.8) is 0 Å². The molecule has 1 unspecified atom stereocenters. The van der Waals surface area contributed by atoms with E-state index in [0.717, 1.165) is 10.9 Å². The van der Waals surface area contributed by atoms with E-state index in [1.165, 1.54) is 24.3 Å². The first-order valence-corrected chi connectivity index (χ1v) is 9.61. The van der Waals surface area contributed by atoms with Gasteiger partial charge in [0.1, 0.15) is 23.8 Å². The molecule has 2 aromatic carbocycles. The van der Waals surface area contributed by atoms with E-state index in [2.05, 4.69) is 4.98 Å². The number of aromatic nitrogens is 1. The van der Waals surface area contributed by atoms with Crippen LogP contribution in [0.5, 0.6) is 5.75 Å². The number of nitrogens with two attached hydrogens (primary N) is 1. The van der Waals surface area contributed by atoms with Crippen molar-refractivity contribution in [3.05, 3.63) is 66.1 Å². The minimum atomic E-state index is -1.08. The third-order valence-electron chi connectivity index (χ3n) is 5.15. The van der Waals surface area contributed by atoms with Gasteiger partial charge in [-0.25, -0.2) is 4.39 Å². The number of aromatic amines is 1. The lowest BCUT2D eigenvalue weighted by atomic mass is 9.97. The summed E-state index contributed by atoms with van der Waals surface area (Å²) < 4.78 is 24.8. The van der Waals surface area contributed by atoms with Crippen molar-refractivity contribution in [1.29, 1.82) is 0 Å². The van der Waals surface area contributed by atoms with Crippen LogP contribution in [0.2, 0.25) is 0 Å². The van der Waals surface area contributed by atoms with Crippen molar-refractivity contribution in [3.8, 4) is 5.75 Å². The number of hydrogen-bond donors (Lipinski definition) is 2. The molecule has 0 radical (unpaired) electrons. The third kappa shape index (κ3) is 4.28. The molecule has 0 bridgehead atoms. The second-order valence-electron chi connectivity index (χ2n) is 7.42. The first kappa shape index (κ1) is 19.9. The number of halogens is 1. The first-order chi connectivity index (χ1) is 14.4. The third-order valence-corrected chi connectivity index (χ3v) is 5.15. The Kier molecular flexibility index (Phi) is 5.41. The van der Waals surface area contributed by atoms with Crippen LogP contribution >= 0.6 is 0 Å². The fourth-order valence-corrected chi connectivity index (χ4v) is 3.70. The predicted octanol–water partition coefficient (Wildman–Crippen LogP) is 2.47. The Morgan fingerprint density at radius 2 is 2.00 bits per heavy atom. The number of primary amides is 1. The molecule has 0 saturated carbocycles. The number of morpholine rings is 1. The number of carbonyl (C=O) groups excluding carboxylic acids is 2. The van der Waals surface area contributed by atoms with Crippen LogP contribution in [0.15, 0.2) is 54.7 Å². The van der Waals surface area contributed by atoms with Gasteiger partial charge < -0.3 is 25.1 Å². The Labute approximate surface area is 172 Å². The standard InChI is InChI=1S/C22H22FN3O4/c23-17-2-4-18(5-3-17)29-14-22(12-20(24)27)13-26(9-10-30-22)21(28)16-1-6-19-15(11-16)7-8-25-19/h1-8,11,25H,9-10,12-14H2,(H2,24,27). The second-order valence-corrected chi connectivity index (χ2v) is 7.42. The first-order valence-electron chi connectivity index (χ1n) is 9.61. The van der Waals surface area contributed by atoms with Gasteiger partial charge in [-0.1, -0.05) is 0 Å². The maximum Gasteiger partial charge on any atom is 0.254 e. The van der Waals surface area contributed by atoms with E-state index in [9.17, 15) is 14.0 Å². The van der Waals surface area contributed by atoms with Crippen molar-refractivity contribution >= 4 is 22.7 Å². The Balaban J connectivity index is 1.52. The van der Waals surface area contributed by atoms with Crippen LogP contribution in [0.3, 0.4) is 0 Å². The normalized spacial score (nSPS) is 19.0. The van der Waals surface area contributed by atoms with Crippen molar-refractivity contribution in [2.24, 2.45) is 5.73 Å². The Bertz CT molecular complexity index is 1070. The summed E-state index contributed by atoms with van der Waals surface area (Å²) in [4.78, 5) is 29.6. The summed E-state index contributed by atoms with van der Waals surface area (Å²) in [6.45, 7) is 0.794. The van der Waals surface area contributed by atoms with Crippen LogP contribution in [-0.2, 0) is 9.53 Å². The maximum absolute atomic E-state index is 13.1. The van der Waals surface area contributed by atoms with Crippen LogP contribution in [0.25, 0.3) is 10.9 Å². The van der Waals surface area contributed by atoms with Gasteiger partial charge in [0.25, 0.3) is 5.91 Å². The highest BCUT2D eigenvalue weighted by Crippen LogP contribution is 2.26.